The molecule has 0 amide bonds. The molecule has 1 heterocycles. The maximum Gasteiger partial charge on any atom is 0.141 e. The van der Waals surface area contributed by atoms with Crippen molar-refractivity contribution in [3.63, 3.8) is 0 Å². The molecular weight excluding hydrogens is 250 g/mol. The molecule has 1 aliphatic rings. The van der Waals surface area contributed by atoms with Gasteiger partial charge in [-0.25, -0.2) is 0 Å². The first kappa shape index (κ1) is 12.9. The minimum Gasteiger partial charge on any atom is -0.489 e. The number of hydrogen-bond acceptors (Lipinski definition) is 3. The highest BCUT2D eigenvalue weighted by Crippen LogP contribution is 2.26. The van der Waals surface area contributed by atoms with Crippen molar-refractivity contribution in [3.05, 3.63) is 65.2 Å². The van der Waals surface area contributed by atoms with Gasteiger partial charge in [0.1, 0.15) is 18.6 Å². The summed E-state index contributed by atoms with van der Waals surface area (Å²) in [7, 11) is 0. The zero-order chi connectivity index (χ0) is 13.8. The highest BCUT2D eigenvalue weighted by Gasteiger charge is 2.19. The van der Waals surface area contributed by atoms with Gasteiger partial charge in [-0.15, -0.1) is 0 Å². The maximum absolute atomic E-state index is 11.0. The zero-order valence-corrected chi connectivity index (χ0v) is 11.2. The minimum absolute atomic E-state index is 0.179. The van der Waals surface area contributed by atoms with Gasteiger partial charge < -0.3 is 14.8 Å². The van der Waals surface area contributed by atoms with Gasteiger partial charge >= 0.3 is 0 Å². The van der Waals surface area contributed by atoms with Gasteiger partial charge in [-0.1, -0.05) is 36.4 Å². The smallest absolute Gasteiger partial charge is 0.141 e. The molecule has 0 bridgehead atoms. The first-order valence-corrected chi connectivity index (χ1v) is 6.85. The Morgan fingerprint density at radius 3 is 2.85 bits per heavy atom. The van der Waals surface area contributed by atoms with E-state index in [2.05, 4.69) is 11.4 Å². The monoisotopic (exact) mass is 267 g/mol. The second-order valence-corrected chi connectivity index (χ2v) is 4.95. The van der Waals surface area contributed by atoms with Crippen molar-refractivity contribution in [1.29, 1.82) is 0 Å². The van der Waals surface area contributed by atoms with Gasteiger partial charge in [0.15, 0.2) is 0 Å². The molecule has 20 heavy (non-hydrogen) atoms. The molecule has 1 unspecified atom stereocenters. The van der Waals surface area contributed by atoms with E-state index in [0.29, 0.717) is 6.61 Å². The van der Waals surface area contributed by atoms with Crippen molar-refractivity contribution >= 4 is 6.29 Å². The van der Waals surface area contributed by atoms with Crippen molar-refractivity contribution in [1.82, 2.24) is 5.32 Å². The Bertz CT molecular complexity index is 595. The number of rotatable bonds is 4. The van der Waals surface area contributed by atoms with E-state index in [4.69, 9.17) is 4.74 Å². The lowest BCUT2D eigenvalue weighted by atomic mass is 9.95. The predicted molar refractivity (Wildman–Crippen MR) is 77.7 cm³/mol. The van der Waals surface area contributed by atoms with E-state index in [-0.39, 0.29) is 6.04 Å². The highest BCUT2D eigenvalue weighted by molar-refractivity contribution is 5.64. The molecule has 0 saturated heterocycles. The van der Waals surface area contributed by atoms with Crippen LogP contribution in [0.2, 0.25) is 0 Å². The lowest BCUT2D eigenvalue weighted by Crippen LogP contribution is -2.30. The number of carbonyl (C=O) groups excluding carboxylic acids is 1. The van der Waals surface area contributed by atoms with Gasteiger partial charge in [-0.2, -0.15) is 0 Å². The quantitative estimate of drug-likeness (QED) is 0.865. The zero-order valence-electron chi connectivity index (χ0n) is 11.2. The summed E-state index contributed by atoms with van der Waals surface area (Å²) >= 11 is 0. The van der Waals surface area contributed by atoms with Crippen LogP contribution in [0.15, 0.2) is 48.5 Å². The lowest BCUT2D eigenvalue weighted by molar-refractivity contribution is -0.109. The van der Waals surface area contributed by atoms with Gasteiger partial charge in [-0.05, 0) is 35.2 Å². The summed E-state index contributed by atoms with van der Waals surface area (Å²) in [5.74, 6) is 0.860. The maximum atomic E-state index is 11.0. The average Bonchev–Trinajstić information content (AvgIpc) is 2.53. The standard InChI is InChI=1S/C17H17NO2/c19-11-17-16-7-6-15(10-14(16)8-9-18-17)20-12-13-4-2-1-3-5-13/h1-7,10-11,17-18H,8-9,12H2. The summed E-state index contributed by atoms with van der Waals surface area (Å²) in [5, 5.41) is 3.19. The van der Waals surface area contributed by atoms with E-state index in [1.807, 2.05) is 42.5 Å². The molecule has 2 aromatic rings. The summed E-state index contributed by atoms with van der Waals surface area (Å²) in [6.07, 6.45) is 1.89. The minimum atomic E-state index is -0.179. The van der Waals surface area contributed by atoms with Gasteiger partial charge in [0.2, 0.25) is 0 Å². The van der Waals surface area contributed by atoms with Crippen LogP contribution in [0.5, 0.6) is 5.75 Å². The third-order valence-corrected chi connectivity index (χ3v) is 3.59. The van der Waals surface area contributed by atoms with Crippen LogP contribution in [-0.2, 0) is 17.8 Å². The molecule has 0 radical (unpaired) electrons. The number of ether oxygens (including phenoxy) is 1. The van der Waals surface area contributed by atoms with Gasteiger partial charge in [-0.3, -0.25) is 0 Å². The third-order valence-electron chi connectivity index (χ3n) is 3.59. The molecule has 0 fully saturated rings. The van der Waals surface area contributed by atoms with Crippen LogP contribution in [0.1, 0.15) is 22.7 Å². The van der Waals surface area contributed by atoms with E-state index >= 15 is 0 Å². The van der Waals surface area contributed by atoms with Crippen molar-refractivity contribution in [3.8, 4) is 5.75 Å². The van der Waals surface area contributed by atoms with Crippen LogP contribution in [0, 0.1) is 0 Å². The summed E-state index contributed by atoms with van der Waals surface area (Å²) in [6, 6.07) is 15.9. The van der Waals surface area contributed by atoms with E-state index in [0.717, 1.165) is 36.1 Å². The van der Waals surface area contributed by atoms with Crippen LogP contribution >= 0.6 is 0 Å². The number of carbonyl (C=O) groups is 1. The van der Waals surface area contributed by atoms with E-state index in [1.54, 1.807) is 0 Å². The fourth-order valence-electron chi connectivity index (χ4n) is 2.53. The van der Waals surface area contributed by atoms with Crippen molar-refractivity contribution in [2.75, 3.05) is 6.54 Å². The Morgan fingerprint density at radius 1 is 1.20 bits per heavy atom. The predicted octanol–water partition coefficient (Wildman–Crippen LogP) is 2.65. The molecule has 102 valence electrons. The Hall–Kier alpha value is -2.13. The Morgan fingerprint density at radius 2 is 2.05 bits per heavy atom. The molecule has 0 saturated carbocycles. The number of fused-ring (bicyclic) bond motifs is 1. The number of aldehydes is 1. The van der Waals surface area contributed by atoms with Gasteiger partial charge in [0.25, 0.3) is 0 Å². The van der Waals surface area contributed by atoms with Crippen LogP contribution in [0.3, 0.4) is 0 Å². The van der Waals surface area contributed by atoms with E-state index in [9.17, 15) is 4.79 Å². The molecule has 2 aromatic carbocycles. The van der Waals surface area contributed by atoms with Crippen LogP contribution in [-0.4, -0.2) is 12.8 Å². The number of hydrogen-bond donors (Lipinski definition) is 1. The van der Waals surface area contributed by atoms with Crippen LogP contribution in [0.4, 0.5) is 0 Å². The fourth-order valence-corrected chi connectivity index (χ4v) is 2.53. The Labute approximate surface area is 118 Å². The van der Waals surface area contributed by atoms with Crippen LogP contribution < -0.4 is 10.1 Å². The fraction of sp³-hybridized carbons (Fsp3) is 0.235. The number of nitrogens with one attached hydrogen (secondary N) is 1. The molecule has 0 aliphatic carbocycles. The summed E-state index contributed by atoms with van der Waals surface area (Å²) in [5.41, 5.74) is 3.42. The summed E-state index contributed by atoms with van der Waals surface area (Å²) in [4.78, 5) is 11.0. The largest absolute Gasteiger partial charge is 0.489 e. The normalized spacial score (nSPS) is 17.3. The molecule has 3 rings (SSSR count). The van der Waals surface area contributed by atoms with Crippen LogP contribution in [0.25, 0.3) is 0 Å². The SMILES string of the molecule is O=CC1NCCc2cc(OCc3ccccc3)ccc21. The Kier molecular flexibility index (Phi) is 3.79. The molecule has 1 aliphatic heterocycles. The van der Waals surface area contributed by atoms with Crippen molar-refractivity contribution < 1.29 is 9.53 Å². The van der Waals surface area contributed by atoms with Gasteiger partial charge in [0.05, 0.1) is 6.04 Å². The number of benzene rings is 2. The molecule has 1 atom stereocenters. The third kappa shape index (κ3) is 2.73. The lowest BCUT2D eigenvalue weighted by Gasteiger charge is -2.23. The van der Waals surface area contributed by atoms with Crippen molar-refractivity contribution in [2.24, 2.45) is 0 Å². The first-order chi connectivity index (χ1) is 9.86. The topological polar surface area (TPSA) is 38.3 Å². The summed E-state index contributed by atoms with van der Waals surface area (Å²) in [6.45, 7) is 1.40. The second kappa shape index (κ2) is 5.88. The van der Waals surface area contributed by atoms with Gasteiger partial charge in [0, 0.05) is 6.54 Å². The van der Waals surface area contributed by atoms with E-state index < -0.39 is 0 Å². The molecule has 3 heteroatoms. The highest BCUT2D eigenvalue weighted by atomic mass is 16.5. The Balaban J connectivity index is 1.74. The molecule has 1 N–H and O–H groups in total. The average molecular weight is 267 g/mol. The van der Waals surface area contributed by atoms with E-state index in [1.165, 1.54) is 5.56 Å². The molecular formula is C17H17NO2. The molecule has 3 nitrogen and oxygen atoms in total. The second-order valence-electron chi connectivity index (χ2n) is 4.95. The summed E-state index contributed by atoms with van der Waals surface area (Å²) < 4.78 is 5.82. The molecule has 0 spiro atoms. The molecule has 0 aromatic heterocycles. The first-order valence-electron chi connectivity index (χ1n) is 6.85. The van der Waals surface area contributed by atoms with Crippen molar-refractivity contribution in [2.45, 2.75) is 19.1 Å².